The maximum absolute atomic E-state index is 12.6. The molecule has 120 valence electrons. The molecule has 0 spiro atoms. The van der Waals surface area contributed by atoms with Crippen molar-refractivity contribution >= 4 is 45.3 Å². The van der Waals surface area contributed by atoms with E-state index in [1.54, 1.807) is 0 Å². The lowest BCUT2D eigenvalue weighted by Crippen LogP contribution is -2.18. The molecule has 8 nitrogen and oxygen atoms in total. The van der Waals surface area contributed by atoms with Crippen molar-refractivity contribution in [3.05, 3.63) is 22.0 Å². The van der Waals surface area contributed by atoms with Crippen molar-refractivity contribution in [3.63, 3.8) is 0 Å². The van der Waals surface area contributed by atoms with E-state index in [4.69, 9.17) is 4.52 Å². The summed E-state index contributed by atoms with van der Waals surface area (Å²) in [5.41, 5.74) is 0.501. The highest BCUT2D eigenvalue weighted by Gasteiger charge is 2.24. The van der Waals surface area contributed by atoms with Gasteiger partial charge in [-0.2, -0.15) is 0 Å². The summed E-state index contributed by atoms with van der Waals surface area (Å²) in [5.74, 6) is -0.266. The molecule has 1 unspecified atom stereocenters. The van der Waals surface area contributed by atoms with Crippen LogP contribution in [-0.4, -0.2) is 37.8 Å². The Morgan fingerprint density at radius 2 is 2.24 bits per heavy atom. The second-order valence-electron chi connectivity index (χ2n) is 4.18. The number of nitrogens with one attached hydrogen (secondary N) is 1. The van der Waals surface area contributed by atoms with Crippen molar-refractivity contribution in [2.75, 3.05) is 23.4 Å². The molecule has 0 saturated heterocycles. The quantitative estimate of drug-likeness (QED) is 0.256. The number of nitro groups is 1. The van der Waals surface area contributed by atoms with Crippen LogP contribution in [0.1, 0.15) is 12.1 Å². The molecule has 1 aromatic heterocycles. The molecule has 1 atom stereocenters. The molecule has 1 N–H and O–H groups in total. The summed E-state index contributed by atoms with van der Waals surface area (Å²) in [5, 5.41) is 15.0. The number of nitrogens with zero attached hydrogens (tertiary/aromatic N) is 3. The zero-order valence-corrected chi connectivity index (χ0v) is 15.6. The van der Waals surface area contributed by atoms with Gasteiger partial charge in [-0.05, 0) is 11.3 Å². The number of aromatic nitrogens is 2. The van der Waals surface area contributed by atoms with Gasteiger partial charge in [-0.3, -0.25) is 4.57 Å². The largest absolute Gasteiger partial charge is 0.434 e. The van der Waals surface area contributed by atoms with Crippen LogP contribution in [0.4, 0.5) is 5.95 Å². The van der Waals surface area contributed by atoms with Gasteiger partial charge >= 0.3 is 5.95 Å². The van der Waals surface area contributed by atoms with E-state index in [1.165, 1.54) is 17.8 Å². The molecule has 0 amide bonds. The van der Waals surface area contributed by atoms with Crippen molar-refractivity contribution in [1.82, 2.24) is 14.6 Å². The first-order valence-electron chi connectivity index (χ1n) is 6.19. The van der Waals surface area contributed by atoms with Crippen molar-refractivity contribution in [3.8, 4) is 0 Å². The normalized spacial score (nSPS) is 14.0. The van der Waals surface area contributed by atoms with Crippen molar-refractivity contribution in [2.45, 2.75) is 13.0 Å². The van der Waals surface area contributed by atoms with E-state index < -0.39 is 12.4 Å². The minimum absolute atomic E-state index is 0.00614. The lowest BCUT2D eigenvalue weighted by Gasteiger charge is -2.18. The summed E-state index contributed by atoms with van der Waals surface area (Å²) in [6, 6.07) is 0. The zero-order valence-electron chi connectivity index (χ0n) is 11.5. The zero-order chi connectivity index (χ0) is 15.9. The van der Waals surface area contributed by atoms with Gasteiger partial charge in [0.2, 0.25) is 0 Å². The third-order valence-corrected chi connectivity index (χ3v) is 5.79. The molecule has 1 heterocycles. The molecule has 0 saturated carbocycles. The van der Waals surface area contributed by atoms with E-state index in [1.807, 2.05) is 0 Å². The van der Waals surface area contributed by atoms with E-state index in [2.05, 4.69) is 41.9 Å². The minimum atomic E-state index is -2.97. The van der Waals surface area contributed by atoms with E-state index in [0.717, 1.165) is 5.33 Å². The van der Waals surface area contributed by atoms with Crippen LogP contribution in [0.25, 0.3) is 0 Å². The highest BCUT2D eigenvalue weighted by Crippen LogP contribution is 2.43. The van der Waals surface area contributed by atoms with E-state index >= 15 is 0 Å². The predicted octanol–water partition coefficient (Wildman–Crippen LogP) is 2.81. The van der Waals surface area contributed by atoms with Gasteiger partial charge in [0.05, 0.1) is 7.05 Å². The number of alkyl halides is 2. The number of rotatable bonds is 10. The van der Waals surface area contributed by atoms with E-state index in [-0.39, 0.29) is 12.6 Å². The van der Waals surface area contributed by atoms with Gasteiger partial charge in [0, 0.05) is 23.4 Å². The maximum Gasteiger partial charge on any atom is 0.434 e. The van der Waals surface area contributed by atoms with Gasteiger partial charge in [-0.15, -0.1) is 0 Å². The van der Waals surface area contributed by atoms with E-state index in [9.17, 15) is 14.7 Å². The summed E-state index contributed by atoms with van der Waals surface area (Å²) in [4.78, 5) is 13.8. The van der Waals surface area contributed by atoms with Crippen LogP contribution in [-0.2, 0) is 22.7 Å². The Bertz CT molecular complexity index is 513. The first-order chi connectivity index (χ1) is 9.93. The lowest BCUT2D eigenvalue weighted by atomic mass is 10.5. The Morgan fingerprint density at radius 1 is 1.52 bits per heavy atom. The molecule has 0 bridgehead atoms. The van der Waals surface area contributed by atoms with Gasteiger partial charge in [0.15, 0.2) is 0 Å². The topological polar surface area (TPSA) is 99.3 Å². The van der Waals surface area contributed by atoms with Gasteiger partial charge in [0.25, 0.3) is 7.52 Å². The SMILES string of the molecule is Cn1c(COP(=O)(CCCBr)NCCBr)cnc1[N+](=O)[O-]. The Hall–Kier alpha value is -0.280. The highest BCUT2D eigenvalue weighted by molar-refractivity contribution is 9.09. The van der Waals surface area contributed by atoms with Crippen molar-refractivity contribution in [2.24, 2.45) is 7.05 Å². The minimum Gasteiger partial charge on any atom is -0.390 e. The van der Waals surface area contributed by atoms with Crippen LogP contribution in [0.5, 0.6) is 0 Å². The first-order valence-corrected chi connectivity index (χ1v) is 10.2. The fourth-order valence-electron chi connectivity index (χ4n) is 1.58. The van der Waals surface area contributed by atoms with Crippen LogP contribution < -0.4 is 5.09 Å². The van der Waals surface area contributed by atoms with Crippen molar-refractivity contribution < 1.29 is 14.0 Å². The van der Waals surface area contributed by atoms with Crippen LogP contribution in [0, 0.1) is 10.1 Å². The number of halogens is 2. The maximum atomic E-state index is 12.6. The summed E-state index contributed by atoms with van der Waals surface area (Å²) >= 11 is 6.55. The molecule has 21 heavy (non-hydrogen) atoms. The lowest BCUT2D eigenvalue weighted by molar-refractivity contribution is -0.396. The average molecular weight is 448 g/mol. The van der Waals surface area contributed by atoms with Gasteiger partial charge < -0.3 is 14.6 Å². The van der Waals surface area contributed by atoms with Gasteiger partial charge in [-0.25, -0.2) is 9.65 Å². The summed E-state index contributed by atoms with van der Waals surface area (Å²) < 4.78 is 19.4. The molecule has 1 rings (SSSR count). The average Bonchev–Trinajstić information content (AvgIpc) is 2.82. The van der Waals surface area contributed by atoms with Crippen LogP contribution in [0.2, 0.25) is 0 Å². The third-order valence-electron chi connectivity index (χ3n) is 2.68. The Morgan fingerprint density at radius 3 is 2.76 bits per heavy atom. The monoisotopic (exact) mass is 446 g/mol. The molecule has 1 aromatic rings. The fourth-order valence-corrected chi connectivity index (χ4v) is 4.54. The van der Waals surface area contributed by atoms with Crippen LogP contribution in [0.15, 0.2) is 6.20 Å². The predicted molar refractivity (Wildman–Crippen MR) is 87.3 cm³/mol. The number of hydrogen-bond acceptors (Lipinski definition) is 5. The summed E-state index contributed by atoms with van der Waals surface area (Å²) in [6.07, 6.45) is 2.46. The number of imidazole rings is 1. The van der Waals surface area contributed by atoms with E-state index in [0.29, 0.717) is 30.2 Å². The summed E-state index contributed by atoms with van der Waals surface area (Å²) in [6.45, 7) is 0.525. The molecule has 0 fully saturated rings. The molecule has 0 aliphatic rings. The number of hydrogen-bond donors (Lipinski definition) is 1. The highest BCUT2D eigenvalue weighted by atomic mass is 79.9. The Labute approximate surface area is 139 Å². The molecule has 0 aliphatic carbocycles. The fraction of sp³-hybridized carbons (Fsp3) is 0.700. The standard InChI is InChI=1S/C10H17Br2N4O4P/c1-15-9(7-13-10(15)16(17)18)8-20-21(19,6-2-3-11)14-5-4-12/h7H,2-6,8H2,1H3,(H,14,19). The van der Waals surface area contributed by atoms with Crippen molar-refractivity contribution in [1.29, 1.82) is 0 Å². The van der Waals surface area contributed by atoms with Gasteiger partial charge in [-0.1, -0.05) is 36.8 Å². The second kappa shape index (κ2) is 8.99. The smallest absolute Gasteiger partial charge is 0.390 e. The summed E-state index contributed by atoms with van der Waals surface area (Å²) in [7, 11) is -1.45. The molecule has 0 aromatic carbocycles. The third kappa shape index (κ3) is 5.78. The Balaban J connectivity index is 2.72. The molecule has 11 heteroatoms. The van der Waals surface area contributed by atoms with Crippen LogP contribution >= 0.6 is 39.4 Å². The first kappa shape index (κ1) is 18.8. The van der Waals surface area contributed by atoms with Crippen LogP contribution in [0.3, 0.4) is 0 Å². The molecule has 0 radical (unpaired) electrons. The molecular weight excluding hydrogens is 431 g/mol. The van der Waals surface area contributed by atoms with Gasteiger partial charge in [0.1, 0.15) is 18.5 Å². The second-order valence-corrected chi connectivity index (χ2v) is 8.13. The Kier molecular flexibility index (Phi) is 8.04. The molecular formula is C10H17Br2N4O4P. The molecule has 0 aliphatic heterocycles.